The van der Waals surface area contributed by atoms with Crippen molar-refractivity contribution in [2.75, 3.05) is 13.7 Å². The van der Waals surface area contributed by atoms with Gasteiger partial charge in [-0.3, -0.25) is 0 Å². The average Bonchev–Trinajstić information content (AvgIpc) is 2.06. The smallest absolute Gasteiger partial charge is 0.188 e. The number of hydrogen-bond acceptors (Lipinski definition) is 3. The minimum Gasteiger partial charge on any atom is -0.484 e. The topological polar surface area (TPSA) is 47.6 Å². The Morgan fingerprint density at radius 1 is 1.82 bits per heavy atom. The van der Waals surface area contributed by atoms with Crippen molar-refractivity contribution in [2.45, 2.75) is 12.8 Å². The lowest BCUT2D eigenvalue weighted by molar-refractivity contribution is 0.376. The van der Waals surface area contributed by atoms with Crippen molar-refractivity contribution in [2.24, 2.45) is 16.6 Å². The van der Waals surface area contributed by atoms with Gasteiger partial charge in [0.25, 0.3) is 0 Å². The van der Waals surface area contributed by atoms with E-state index < -0.39 is 0 Å². The third-order valence-electron chi connectivity index (χ3n) is 1.79. The van der Waals surface area contributed by atoms with Crippen LogP contribution in [0.25, 0.3) is 0 Å². The number of ether oxygens (including phenoxy) is 1. The molecule has 0 aromatic rings. The summed E-state index contributed by atoms with van der Waals surface area (Å²) in [5, 5.41) is 0. The van der Waals surface area contributed by atoms with E-state index in [1.807, 2.05) is 0 Å². The molecule has 3 heteroatoms. The molecule has 11 heavy (non-hydrogen) atoms. The van der Waals surface area contributed by atoms with Crippen LogP contribution in [0.5, 0.6) is 0 Å². The molecule has 1 aliphatic heterocycles. The van der Waals surface area contributed by atoms with Crippen molar-refractivity contribution in [3.05, 3.63) is 12.3 Å². The Balaban J connectivity index is 2.41. The van der Waals surface area contributed by atoms with Crippen LogP contribution in [0.15, 0.2) is 17.3 Å². The lowest BCUT2D eigenvalue weighted by Crippen LogP contribution is -2.14. The lowest BCUT2D eigenvalue weighted by Gasteiger charge is -2.14. The van der Waals surface area contributed by atoms with E-state index in [1.54, 1.807) is 13.3 Å². The van der Waals surface area contributed by atoms with Gasteiger partial charge >= 0.3 is 0 Å². The lowest BCUT2D eigenvalue weighted by atomic mass is 10.0. The summed E-state index contributed by atoms with van der Waals surface area (Å²) in [5.41, 5.74) is 5.43. The van der Waals surface area contributed by atoms with Crippen LogP contribution >= 0.6 is 0 Å². The number of nitrogens with zero attached hydrogens (tertiary/aromatic N) is 1. The first-order chi connectivity index (χ1) is 5.36. The standard InChI is InChI=1S/C8H14N2O/c1-11-8-6-7(2-4-9)3-5-10-8/h3,5,7H,2,4,6,9H2,1H3. The number of allylic oxidation sites excluding steroid dienone is 1. The molecule has 1 heterocycles. The molecule has 1 rings (SSSR count). The summed E-state index contributed by atoms with van der Waals surface area (Å²) in [6.07, 6.45) is 5.78. The predicted molar refractivity (Wildman–Crippen MR) is 45.4 cm³/mol. The maximum atomic E-state index is 5.43. The molecule has 1 aliphatic rings. The van der Waals surface area contributed by atoms with Crippen LogP contribution in [0.1, 0.15) is 12.8 Å². The van der Waals surface area contributed by atoms with E-state index in [-0.39, 0.29) is 0 Å². The summed E-state index contributed by atoms with van der Waals surface area (Å²) in [4.78, 5) is 4.05. The largest absolute Gasteiger partial charge is 0.484 e. The highest BCUT2D eigenvalue weighted by atomic mass is 16.5. The minimum atomic E-state index is 0.521. The second-order valence-corrected chi connectivity index (χ2v) is 2.61. The van der Waals surface area contributed by atoms with Crippen LogP contribution < -0.4 is 5.73 Å². The summed E-state index contributed by atoms with van der Waals surface area (Å²) in [5.74, 6) is 1.33. The third-order valence-corrected chi connectivity index (χ3v) is 1.79. The maximum Gasteiger partial charge on any atom is 0.188 e. The van der Waals surface area contributed by atoms with Gasteiger partial charge in [0.15, 0.2) is 5.90 Å². The van der Waals surface area contributed by atoms with Crippen molar-refractivity contribution < 1.29 is 4.74 Å². The summed E-state index contributed by atoms with van der Waals surface area (Å²) < 4.78 is 5.03. The number of aliphatic imine (C=N–C) groups is 1. The van der Waals surface area contributed by atoms with E-state index in [4.69, 9.17) is 10.5 Å². The fraction of sp³-hybridized carbons (Fsp3) is 0.625. The van der Waals surface area contributed by atoms with E-state index in [2.05, 4.69) is 11.1 Å². The predicted octanol–water partition coefficient (Wildman–Crippen LogP) is 0.914. The molecule has 0 bridgehead atoms. The van der Waals surface area contributed by atoms with Gasteiger partial charge in [-0.05, 0) is 18.9 Å². The quantitative estimate of drug-likeness (QED) is 0.642. The first-order valence-electron chi connectivity index (χ1n) is 3.84. The van der Waals surface area contributed by atoms with Crippen molar-refractivity contribution in [3.8, 4) is 0 Å². The molecule has 0 radical (unpaired) electrons. The molecule has 0 saturated carbocycles. The number of nitrogens with two attached hydrogens (primary N) is 1. The molecule has 2 N–H and O–H groups in total. The Kier molecular flexibility index (Phi) is 3.11. The monoisotopic (exact) mass is 154 g/mol. The molecule has 0 saturated heterocycles. The molecule has 0 amide bonds. The van der Waals surface area contributed by atoms with Gasteiger partial charge in [0.1, 0.15) is 0 Å². The zero-order chi connectivity index (χ0) is 8.10. The third kappa shape index (κ3) is 2.35. The molecule has 0 aromatic heterocycles. The molecule has 62 valence electrons. The van der Waals surface area contributed by atoms with Gasteiger partial charge < -0.3 is 10.5 Å². The Bertz CT molecular complexity index is 175. The van der Waals surface area contributed by atoms with E-state index in [0.29, 0.717) is 5.92 Å². The van der Waals surface area contributed by atoms with E-state index in [9.17, 15) is 0 Å². The van der Waals surface area contributed by atoms with Crippen LogP contribution in [0.3, 0.4) is 0 Å². The van der Waals surface area contributed by atoms with Crippen molar-refractivity contribution >= 4 is 5.90 Å². The Labute approximate surface area is 66.9 Å². The van der Waals surface area contributed by atoms with Gasteiger partial charge in [-0.1, -0.05) is 6.08 Å². The zero-order valence-corrected chi connectivity index (χ0v) is 6.79. The van der Waals surface area contributed by atoms with Crippen LogP contribution in [0, 0.1) is 5.92 Å². The van der Waals surface area contributed by atoms with Crippen LogP contribution in [-0.4, -0.2) is 19.6 Å². The summed E-state index contributed by atoms with van der Waals surface area (Å²) in [6.45, 7) is 0.728. The minimum absolute atomic E-state index is 0.521. The summed E-state index contributed by atoms with van der Waals surface area (Å²) >= 11 is 0. The van der Waals surface area contributed by atoms with Crippen molar-refractivity contribution in [1.29, 1.82) is 0 Å². The molecule has 0 fully saturated rings. The molecule has 0 spiro atoms. The van der Waals surface area contributed by atoms with E-state index in [1.165, 1.54) is 0 Å². The van der Waals surface area contributed by atoms with Gasteiger partial charge in [-0.25, -0.2) is 4.99 Å². The highest BCUT2D eigenvalue weighted by Crippen LogP contribution is 2.15. The number of rotatable bonds is 2. The van der Waals surface area contributed by atoms with Gasteiger partial charge in [0.05, 0.1) is 7.11 Å². The maximum absolute atomic E-state index is 5.43. The Morgan fingerprint density at radius 3 is 3.27 bits per heavy atom. The number of hydrogen-bond donors (Lipinski definition) is 1. The van der Waals surface area contributed by atoms with E-state index in [0.717, 1.165) is 25.3 Å². The van der Waals surface area contributed by atoms with Crippen molar-refractivity contribution in [1.82, 2.24) is 0 Å². The fourth-order valence-electron chi connectivity index (χ4n) is 1.14. The van der Waals surface area contributed by atoms with E-state index >= 15 is 0 Å². The second-order valence-electron chi connectivity index (χ2n) is 2.61. The van der Waals surface area contributed by atoms with Crippen LogP contribution in [0.4, 0.5) is 0 Å². The Morgan fingerprint density at radius 2 is 2.64 bits per heavy atom. The normalized spacial score (nSPS) is 23.1. The first-order valence-corrected chi connectivity index (χ1v) is 3.84. The summed E-state index contributed by atoms with van der Waals surface area (Å²) in [6, 6.07) is 0. The molecule has 0 aliphatic carbocycles. The zero-order valence-electron chi connectivity index (χ0n) is 6.79. The highest BCUT2D eigenvalue weighted by molar-refractivity contribution is 5.77. The van der Waals surface area contributed by atoms with Crippen LogP contribution in [-0.2, 0) is 4.74 Å². The fourth-order valence-corrected chi connectivity index (χ4v) is 1.14. The highest BCUT2D eigenvalue weighted by Gasteiger charge is 2.11. The van der Waals surface area contributed by atoms with Crippen molar-refractivity contribution in [3.63, 3.8) is 0 Å². The molecular formula is C8H14N2O. The SMILES string of the molecule is COC1=NC=CC(CCN)C1. The molecular weight excluding hydrogens is 140 g/mol. The molecule has 1 unspecified atom stereocenters. The molecule has 1 atom stereocenters. The summed E-state index contributed by atoms with van der Waals surface area (Å²) in [7, 11) is 1.65. The van der Waals surface area contributed by atoms with Gasteiger partial charge in [0.2, 0.25) is 0 Å². The average molecular weight is 154 g/mol. The van der Waals surface area contributed by atoms with Crippen LogP contribution in [0.2, 0.25) is 0 Å². The first kappa shape index (κ1) is 8.27. The van der Waals surface area contributed by atoms with Gasteiger partial charge in [-0.15, -0.1) is 0 Å². The molecule has 0 aromatic carbocycles. The second kappa shape index (κ2) is 4.13. The van der Waals surface area contributed by atoms with Gasteiger partial charge in [-0.2, -0.15) is 0 Å². The van der Waals surface area contributed by atoms with Gasteiger partial charge in [0, 0.05) is 12.6 Å². The number of methoxy groups -OCH3 is 1. The molecule has 3 nitrogen and oxygen atoms in total. The Hall–Kier alpha value is -0.830.